The van der Waals surface area contributed by atoms with Crippen LogP contribution in [-0.2, 0) is 11.2 Å². The lowest BCUT2D eigenvalue weighted by molar-refractivity contribution is -0.118. The van der Waals surface area contributed by atoms with Gasteiger partial charge < -0.3 is 5.73 Å². The van der Waals surface area contributed by atoms with E-state index in [0.29, 0.717) is 31.1 Å². The molecule has 0 spiro atoms. The molecule has 3 heteroatoms. The van der Waals surface area contributed by atoms with E-state index < -0.39 is 0 Å². The minimum atomic E-state index is 0.220. The van der Waals surface area contributed by atoms with E-state index in [2.05, 4.69) is 36.7 Å². The molecule has 0 saturated carbocycles. The molecule has 1 atom stereocenters. The fraction of sp³-hybridized carbons (Fsp3) is 0.588. The normalized spacial score (nSPS) is 13.2. The Balaban J connectivity index is 2.47. The quantitative estimate of drug-likeness (QED) is 0.802. The van der Waals surface area contributed by atoms with Crippen LogP contribution >= 0.6 is 15.9 Å². The van der Waals surface area contributed by atoms with Crippen molar-refractivity contribution in [1.82, 2.24) is 0 Å². The van der Waals surface area contributed by atoms with E-state index in [9.17, 15) is 4.79 Å². The van der Waals surface area contributed by atoms with Gasteiger partial charge in [0.1, 0.15) is 5.78 Å². The summed E-state index contributed by atoms with van der Waals surface area (Å²) in [4.78, 5) is 12.1. The van der Waals surface area contributed by atoms with E-state index in [1.54, 1.807) is 0 Å². The molecule has 2 N–H and O–H groups in total. The molecule has 0 fully saturated rings. The molecule has 1 aromatic rings. The molecule has 0 aromatic heterocycles. The van der Waals surface area contributed by atoms with Crippen LogP contribution in [0.25, 0.3) is 0 Å². The Bertz CT molecular complexity index is 420. The molecule has 20 heavy (non-hydrogen) atoms. The van der Waals surface area contributed by atoms with Crippen LogP contribution in [0.15, 0.2) is 28.7 Å². The third kappa shape index (κ3) is 6.19. The third-order valence-corrected chi connectivity index (χ3v) is 4.35. The number of Topliss-reactive ketones (excluding diaryl/α,β-unsaturated/α-hetero) is 1. The van der Waals surface area contributed by atoms with Gasteiger partial charge in [-0.15, -0.1) is 0 Å². The van der Waals surface area contributed by atoms with Crippen LogP contribution in [0, 0.1) is 11.3 Å². The van der Waals surface area contributed by atoms with E-state index in [1.807, 2.05) is 24.3 Å². The molecule has 0 radical (unpaired) electrons. The zero-order valence-corrected chi connectivity index (χ0v) is 14.4. The fourth-order valence-corrected chi connectivity index (χ4v) is 2.73. The molecule has 0 amide bonds. The summed E-state index contributed by atoms with van der Waals surface area (Å²) in [6, 6.07) is 7.97. The molecule has 2 nitrogen and oxygen atoms in total. The molecule has 1 unspecified atom stereocenters. The number of hydrogen-bond acceptors (Lipinski definition) is 2. The highest BCUT2D eigenvalue weighted by Crippen LogP contribution is 2.32. The van der Waals surface area contributed by atoms with Crippen LogP contribution in [0.1, 0.15) is 45.6 Å². The zero-order valence-electron chi connectivity index (χ0n) is 12.8. The van der Waals surface area contributed by atoms with Crippen LogP contribution < -0.4 is 5.73 Å². The monoisotopic (exact) mass is 339 g/mol. The van der Waals surface area contributed by atoms with Gasteiger partial charge >= 0.3 is 0 Å². The number of rotatable bonds is 7. The lowest BCUT2D eigenvalue weighted by atomic mass is 9.76. The van der Waals surface area contributed by atoms with Gasteiger partial charge in [-0.05, 0) is 48.4 Å². The summed E-state index contributed by atoms with van der Waals surface area (Å²) in [5.41, 5.74) is 6.99. The van der Waals surface area contributed by atoms with Crippen molar-refractivity contribution in [3.8, 4) is 0 Å². The van der Waals surface area contributed by atoms with Crippen molar-refractivity contribution < 1.29 is 4.79 Å². The second-order valence-corrected chi connectivity index (χ2v) is 7.44. The highest BCUT2D eigenvalue weighted by Gasteiger charge is 2.24. The van der Waals surface area contributed by atoms with Crippen molar-refractivity contribution in [1.29, 1.82) is 0 Å². The summed E-state index contributed by atoms with van der Waals surface area (Å²) in [5.74, 6) is 0.833. The van der Waals surface area contributed by atoms with Crippen molar-refractivity contribution in [2.45, 2.75) is 46.5 Å². The lowest BCUT2D eigenvalue weighted by Gasteiger charge is -2.30. The van der Waals surface area contributed by atoms with Crippen LogP contribution in [-0.4, -0.2) is 12.3 Å². The first kappa shape index (κ1) is 17.4. The van der Waals surface area contributed by atoms with E-state index in [0.717, 1.165) is 22.9 Å². The van der Waals surface area contributed by atoms with Gasteiger partial charge in [-0.1, -0.05) is 48.8 Å². The Morgan fingerprint density at radius 3 is 2.30 bits per heavy atom. The van der Waals surface area contributed by atoms with Crippen molar-refractivity contribution in [2.24, 2.45) is 17.1 Å². The molecule has 0 heterocycles. The third-order valence-electron chi connectivity index (χ3n) is 3.83. The van der Waals surface area contributed by atoms with Gasteiger partial charge in [-0.3, -0.25) is 4.79 Å². The number of halogens is 1. The Hall–Kier alpha value is -0.670. The minimum Gasteiger partial charge on any atom is -0.330 e. The summed E-state index contributed by atoms with van der Waals surface area (Å²) in [6.45, 7) is 7.38. The number of carbonyl (C=O) groups is 1. The summed E-state index contributed by atoms with van der Waals surface area (Å²) in [7, 11) is 0. The first-order valence-corrected chi connectivity index (χ1v) is 8.08. The second kappa shape index (κ2) is 7.94. The van der Waals surface area contributed by atoms with Gasteiger partial charge in [0, 0.05) is 17.3 Å². The number of ketones is 1. The van der Waals surface area contributed by atoms with Gasteiger partial charge in [-0.2, -0.15) is 0 Å². The van der Waals surface area contributed by atoms with E-state index in [1.165, 1.54) is 0 Å². The summed E-state index contributed by atoms with van der Waals surface area (Å²) < 4.78 is 1.05. The Morgan fingerprint density at radius 2 is 1.80 bits per heavy atom. The van der Waals surface area contributed by atoms with E-state index >= 15 is 0 Å². The smallest absolute Gasteiger partial charge is 0.137 e. The van der Waals surface area contributed by atoms with Gasteiger partial charge in [0.15, 0.2) is 0 Å². The van der Waals surface area contributed by atoms with E-state index in [4.69, 9.17) is 5.73 Å². The molecule has 0 saturated heterocycles. The molecule has 1 rings (SSSR count). The zero-order chi connectivity index (χ0) is 15.2. The molecule has 1 aromatic carbocycles. The predicted octanol–water partition coefficient (Wildman–Crippen LogP) is 4.35. The van der Waals surface area contributed by atoms with Crippen LogP contribution in [0.3, 0.4) is 0 Å². The van der Waals surface area contributed by atoms with Crippen molar-refractivity contribution >= 4 is 21.7 Å². The van der Waals surface area contributed by atoms with Gasteiger partial charge in [-0.25, -0.2) is 0 Å². The molecule has 112 valence electrons. The fourth-order valence-electron chi connectivity index (χ4n) is 2.47. The minimum absolute atomic E-state index is 0.220. The summed E-state index contributed by atoms with van der Waals surface area (Å²) >= 11 is 3.40. The number of carbonyl (C=O) groups excluding carboxylic acids is 1. The average Bonchev–Trinajstić information content (AvgIpc) is 2.36. The molecule has 0 aliphatic heterocycles. The lowest BCUT2D eigenvalue weighted by Crippen LogP contribution is -2.24. The summed E-state index contributed by atoms with van der Waals surface area (Å²) in [6.07, 6.45) is 3.12. The number of benzene rings is 1. The maximum absolute atomic E-state index is 12.1. The van der Waals surface area contributed by atoms with Gasteiger partial charge in [0.05, 0.1) is 0 Å². The molecule has 0 aliphatic carbocycles. The Morgan fingerprint density at radius 1 is 1.20 bits per heavy atom. The maximum atomic E-state index is 12.1. The first-order chi connectivity index (χ1) is 9.32. The molecular weight excluding hydrogens is 314 g/mol. The van der Waals surface area contributed by atoms with Gasteiger partial charge in [0.2, 0.25) is 0 Å². The van der Waals surface area contributed by atoms with Crippen molar-refractivity contribution in [3.05, 3.63) is 34.3 Å². The number of nitrogens with two attached hydrogens (primary N) is 1. The van der Waals surface area contributed by atoms with Crippen LogP contribution in [0.5, 0.6) is 0 Å². The maximum Gasteiger partial charge on any atom is 0.137 e. The molecule has 0 bridgehead atoms. The van der Waals surface area contributed by atoms with E-state index in [-0.39, 0.29) is 5.41 Å². The Labute approximate surface area is 131 Å². The topological polar surface area (TPSA) is 43.1 Å². The van der Waals surface area contributed by atoms with Crippen molar-refractivity contribution in [2.75, 3.05) is 6.54 Å². The van der Waals surface area contributed by atoms with Crippen LogP contribution in [0.4, 0.5) is 0 Å². The van der Waals surface area contributed by atoms with Crippen molar-refractivity contribution in [3.63, 3.8) is 0 Å². The number of hydrogen-bond donors (Lipinski definition) is 1. The standard InChI is InChI=1S/C17H26BrNO/c1-17(2,3)14(10-11-19)6-9-16(20)12-13-4-7-15(18)8-5-13/h4-5,7-8,14H,6,9-12,19H2,1-3H3. The highest BCUT2D eigenvalue weighted by molar-refractivity contribution is 9.10. The van der Waals surface area contributed by atoms with Crippen LogP contribution in [0.2, 0.25) is 0 Å². The highest BCUT2D eigenvalue weighted by atomic mass is 79.9. The SMILES string of the molecule is CC(C)(C)C(CCN)CCC(=O)Cc1ccc(Br)cc1. The first-order valence-electron chi connectivity index (χ1n) is 7.29. The Kier molecular flexibility index (Phi) is 6.90. The average molecular weight is 340 g/mol. The second-order valence-electron chi connectivity index (χ2n) is 6.52. The van der Waals surface area contributed by atoms with Gasteiger partial charge in [0.25, 0.3) is 0 Å². The summed E-state index contributed by atoms with van der Waals surface area (Å²) in [5, 5.41) is 0. The molecular formula is C17H26BrNO. The predicted molar refractivity (Wildman–Crippen MR) is 88.7 cm³/mol. The molecule has 0 aliphatic rings. The largest absolute Gasteiger partial charge is 0.330 e.